The van der Waals surface area contributed by atoms with Crippen LogP contribution in [0.1, 0.15) is 29.6 Å². The molecule has 0 aromatic heterocycles. The van der Waals surface area contributed by atoms with Gasteiger partial charge in [-0.25, -0.2) is 8.42 Å². The zero-order valence-electron chi connectivity index (χ0n) is 15.5. The topological polar surface area (TPSA) is 87.3 Å². The maximum atomic E-state index is 12.5. The lowest BCUT2D eigenvalue weighted by Crippen LogP contribution is -2.42. The number of carbonyl (C=O) groups is 1. The molecule has 2 aromatic rings. The molecule has 4 rings (SSSR count). The van der Waals surface area contributed by atoms with E-state index in [1.54, 1.807) is 12.1 Å². The van der Waals surface area contributed by atoms with Crippen LogP contribution in [-0.4, -0.2) is 38.7 Å². The van der Waals surface area contributed by atoms with Crippen LogP contribution < -0.4 is 15.4 Å². The Hall–Kier alpha value is -2.03. The number of amides is 1. The van der Waals surface area contributed by atoms with Crippen LogP contribution in [-0.2, 0) is 10.0 Å². The van der Waals surface area contributed by atoms with E-state index in [9.17, 15) is 13.2 Å². The molecule has 3 atom stereocenters. The summed E-state index contributed by atoms with van der Waals surface area (Å²) in [4.78, 5) is 14.3. The fourth-order valence-corrected chi connectivity index (χ4v) is 5.42. The molecule has 2 fully saturated rings. The second kappa shape index (κ2) is 7.77. The van der Waals surface area contributed by atoms with Gasteiger partial charge in [-0.15, -0.1) is 0 Å². The van der Waals surface area contributed by atoms with Gasteiger partial charge in [0, 0.05) is 33.5 Å². The van der Waals surface area contributed by atoms with Gasteiger partial charge in [-0.1, -0.05) is 23.9 Å². The fraction of sp³-hybridized carbons (Fsp3) is 0.350. The van der Waals surface area contributed by atoms with Crippen molar-refractivity contribution in [3.05, 3.63) is 54.1 Å². The third-order valence-electron chi connectivity index (χ3n) is 5.14. The Morgan fingerprint density at radius 3 is 2.50 bits per heavy atom. The Balaban J connectivity index is 1.42. The predicted octanol–water partition coefficient (Wildman–Crippen LogP) is 2.83. The molecule has 3 N–H and O–H groups in total. The standard InChI is InChI=1S/C20H23N3O3S2/c1-28(25,26)23-17-4-2-3-5-19(17)27-15-9-6-13(7-10-15)20(24)22-18-12-14-8-11-16(18)21-14/h2-7,9-10,14,16,18,21,23H,8,11-12H2,1H3,(H,22,24)/t14-,16+,18-/m1/s1. The van der Waals surface area contributed by atoms with Crippen molar-refractivity contribution in [3.8, 4) is 0 Å². The SMILES string of the molecule is CS(=O)(=O)Nc1ccccc1Sc1ccc(C(=O)N[C@@H]2C[C@H]3CC[C@@H]2N3)cc1. The van der Waals surface area contributed by atoms with Gasteiger partial charge in [0.05, 0.1) is 11.9 Å². The van der Waals surface area contributed by atoms with Crippen molar-refractivity contribution in [2.24, 2.45) is 0 Å². The van der Waals surface area contributed by atoms with E-state index in [0.717, 1.165) is 28.9 Å². The normalized spacial score (nSPS) is 23.5. The van der Waals surface area contributed by atoms with E-state index in [4.69, 9.17) is 0 Å². The van der Waals surface area contributed by atoms with E-state index in [0.29, 0.717) is 23.3 Å². The minimum absolute atomic E-state index is 0.0463. The molecule has 6 nitrogen and oxygen atoms in total. The Bertz CT molecular complexity index is 976. The van der Waals surface area contributed by atoms with Crippen molar-refractivity contribution in [2.75, 3.05) is 11.0 Å². The minimum Gasteiger partial charge on any atom is -0.348 e. The Kier molecular flexibility index (Phi) is 5.35. The highest BCUT2D eigenvalue weighted by Gasteiger charge is 2.39. The van der Waals surface area contributed by atoms with Gasteiger partial charge < -0.3 is 10.6 Å². The van der Waals surface area contributed by atoms with E-state index < -0.39 is 10.0 Å². The van der Waals surface area contributed by atoms with Crippen molar-refractivity contribution < 1.29 is 13.2 Å². The summed E-state index contributed by atoms with van der Waals surface area (Å²) in [7, 11) is -3.35. The molecular weight excluding hydrogens is 394 g/mol. The molecule has 2 heterocycles. The molecule has 148 valence electrons. The van der Waals surface area contributed by atoms with E-state index >= 15 is 0 Å². The molecule has 2 aromatic carbocycles. The van der Waals surface area contributed by atoms with Gasteiger partial charge in [-0.2, -0.15) is 0 Å². The van der Waals surface area contributed by atoms with E-state index in [1.165, 1.54) is 18.2 Å². The highest BCUT2D eigenvalue weighted by molar-refractivity contribution is 7.99. The van der Waals surface area contributed by atoms with Gasteiger partial charge in [0.25, 0.3) is 5.91 Å². The van der Waals surface area contributed by atoms with Crippen molar-refractivity contribution in [3.63, 3.8) is 0 Å². The van der Waals surface area contributed by atoms with Gasteiger partial charge in [-0.3, -0.25) is 9.52 Å². The number of carbonyl (C=O) groups excluding carboxylic acids is 1. The molecule has 28 heavy (non-hydrogen) atoms. The van der Waals surface area contributed by atoms with E-state index in [-0.39, 0.29) is 11.9 Å². The molecule has 0 saturated carbocycles. The number of fused-ring (bicyclic) bond motifs is 2. The first-order valence-electron chi connectivity index (χ1n) is 9.29. The highest BCUT2D eigenvalue weighted by atomic mass is 32.2. The molecule has 8 heteroatoms. The van der Waals surface area contributed by atoms with Crippen LogP contribution in [0.3, 0.4) is 0 Å². The molecule has 2 bridgehead atoms. The smallest absolute Gasteiger partial charge is 0.251 e. The van der Waals surface area contributed by atoms with Gasteiger partial charge in [0.1, 0.15) is 0 Å². The van der Waals surface area contributed by atoms with E-state index in [1.807, 2.05) is 36.4 Å². The maximum absolute atomic E-state index is 12.5. The summed E-state index contributed by atoms with van der Waals surface area (Å²) in [6.07, 6.45) is 4.48. The molecule has 2 aliphatic rings. The van der Waals surface area contributed by atoms with Gasteiger partial charge >= 0.3 is 0 Å². The number of rotatable bonds is 6. The fourth-order valence-electron chi connectivity index (χ4n) is 3.88. The van der Waals surface area contributed by atoms with Gasteiger partial charge in [0.15, 0.2) is 0 Å². The Morgan fingerprint density at radius 1 is 1.11 bits per heavy atom. The number of hydrogen-bond acceptors (Lipinski definition) is 5. The van der Waals surface area contributed by atoms with Crippen LogP contribution >= 0.6 is 11.8 Å². The van der Waals surface area contributed by atoms with Crippen LogP contribution in [0.5, 0.6) is 0 Å². The lowest BCUT2D eigenvalue weighted by molar-refractivity contribution is 0.0931. The second-order valence-electron chi connectivity index (χ2n) is 7.36. The molecule has 2 saturated heterocycles. The quantitative estimate of drug-likeness (QED) is 0.673. The number of para-hydroxylation sites is 1. The van der Waals surface area contributed by atoms with Crippen LogP contribution in [0, 0.1) is 0 Å². The summed E-state index contributed by atoms with van der Waals surface area (Å²) in [6, 6.07) is 15.8. The zero-order chi connectivity index (χ0) is 19.7. The first-order chi connectivity index (χ1) is 13.4. The zero-order valence-corrected chi connectivity index (χ0v) is 17.1. The van der Waals surface area contributed by atoms with Crippen LogP contribution in [0.4, 0.5) is 5.69 Å². The number of anilines is 1. The van der Waals surface area contributed by atoms with E-state index in [2.05, 4.69) is 15.4 Å². The predicted molar refractivity (Wildman–Crippen MR) is 111 cm³/mol. The van der Waals surface area contributed by atoms with Crippen molar-refractivity contribution in [1.82, 2.24) is 10.6 Å². The average molecular weight is 418 g/mol. The number of nitrogens with one attached hydrogen (secondary N) is 3. The van der Waals surface area contributed by atoms with Crippen LogP contribution in [0.25, 0.3) is 0 Å². The summed E-state index contributed by atoms with van der Waals surface area (Å²) in [5, 5.41) is 6.67. The number of benzene rings is 2. The molecule has 2 aliphatic heterocycles. The maximum Gasteiger partial charge on any atom is 0.251 e. The van der Waals surface area contributed by atoms with Crippen molar-refractivity contribution >= 4 is 33.4 Å². The lowest BCUT2D eigenvalue weighted by atomic mass is 9.95. The van der Waals surface area contributed by atoms with Crippen molar-refractivity contribution in [2.45, 2.75) is 47.2 Å². The summed E-state index contributed by atoms with van der Waals surface area (Å²) < 4.78 is 25.6. The summed E-state index contributed by atoms with van der Waals surface area (Å²) in [5.41, 5.74) is 1.18. The second-order valence-corrected chi connectivity index (χ2v) is 10.2. The van der Waals surface area contributed by atoms with Crippen molar-refractivity contribution in [1.29, 1.82) is 0 Å². The average Bonchev–Trinajstić information content (AvgIpc) is 3.26. The van der Waals surface area contributed by atoms with Crippen LogP contribution in [0.2, 0.25) is 0 Å². The number of hydrogen-bond donors (Lipinski definition) is 3. The molecule has 0 radical (unpaired) electrons. The molecule has 0 spiro atoms. The summed E-state index contributed by atoms with van der Waals surface area (Å²) in [6.45, 7) is 0. The third-order valence-corrected chi connectivity index (χ3v) is 6.82. The van der Waals surface area contributed by atoms with Gasteiger partial charge in [0.2, 0.25) is 10.0 Å². The molecular formula is C20H23N3O3S2. The minimum atomic E-state index is -3.35. The Labute approximate surface area is 169 Å². The largest absolute Gasteiger partial charge is 0.348 e. The van der Waals surface area contributed by atoms with Crippen LogP contribution in [0.15, 0.2) is 58.3 Å². The summed E-state index contributed by atoms with van der Waals surface area (Å²) in [5.74, 6) is -0.0463. The first-order valence-corrected chi connectivity index (χ1v) is 12.0. The van der Waals surface area contributed by atoms with Gasteiger partial charge in [-0.05, 0) is 55.7 Å². The monoisotopic (exact) mass is 417 g/mol. The first kappa shape index (κ1) is 19.3. The third kappa shape index (κ3) is 4.51. The molecule has 1 amide bonds. The summed E-state index contributed by atoms with van der Waals surface area (Å²) >= 11 is 1.45. The Morgan fingerprint density at radius 2 is 1.86 bits per heavy atom. The lowest BCUT2D eigenvalue weighted by Gasteiger charge is -2.21. The molecule has 0 unspecified atom stereocenters. The molecule has 0 aliphatic carbocycles. The highest BCUT2D eigenvalue weighted by Crippen LogP contribution is 2.34. The number of sulfonamides is 1.